The van der Waals surface area contributed by atoms with E-state index in [1.807, 2.05) is 0 Å². The molecule has 1 aliphatic carbocycles. The number of methoxy groups -OCH3 is 1. The van der Waals surface area contributed by atoms with E-state index in [2.05, 4.69) is 4.74 Å². The third-order valence-corrected chi connectivity index (χ3v) is 2.29. The summed E-state index contributed by atoms with van der Waals surface area (Å²) in [5, 5.41) is 0. The first-order valence-corrected chi connectivity index (χ1v) is 4.18. The highest BCUT2D eigenvalue weighted by atomic mass is 19.3. The SMILES string of the molecule is COC(=O)C(N)CCC1CC1(F)F. The lowest BCUT2D eigenvalue weighted by atomic mass is 10.1. The van der Waals surface area contributed by atoms with Crippen molar-refractivity contribution in [2.24, 2.45) is 11.7 Å². The van der Waals surface area contributed by atoms with Crippen LogP contribution in [0.25, 0.3) is 0 Å². The maximum absolute atomic E-state index is 12.4. The Hall–Kier alpha value is -0.710. The number of alkyl halides is 2. The first kappa shape index (κ1) is 10.4. The zero-order chi connectivity index (χ0) is 10.1. The van der Waals surface area contributed by atoms with Crippen molar-refractivity contribution in [3.63, 3.8) is 0 Å². The van der Waals surface area contributed by atoms with Crippen molar-refractivity contribution in [1.29, 1.82) is 0 Å². The van der Waals surface area contributed by atoms with Crippen molar-refractivity contribution in [1.82, 2.24) is 0 Å². The molecule has 0 aromatic carbocycles. The van der Waals surface area contributed by atoms with E-state index in [-0.39, 0.29) is 12.8 Å². The van der Waals surface area contributed by atoms with Crippen LogP contribution in [0, 0.1) is 5.92 Å². The van der Waals surface area contributed by atoms with Crippen LogP contribution in [0.15, 0.2) is 0 Å². The molecule has 2 N–H and O–H groups in total. The molecular formula is C8H13F2NO2. The van der Waals surface area contributed by atoms with Gasteiger partial charge in [-0.1, -0.05) is 0 Å². The fourth-order valence-electron chi connectivity index (χ4n) is 1.23. The van der Waals surface area contributed by atoms with Gasteiger partial charge in [-0.05, 0) is 12.8 Å². The second-order valence-corrected chi connectivity index (χ2v) is 3.37. The van der Waals surface area contributed by atoms with E-state index < -0.39 is 23.9 Å². The molecule has 0 aromatic rings. The Balaban J connectivity index is 2.17. The van der Waals surface area contributed by atoms with Crippen LogP contribution in [-0.4, -0.2) is 25.0 Å². The number of esters is 1. The normalized spacial score (nSPS) is 26.6. The van der Waals surface area contributed by atoms with Crippen LogP contribution in [0.1, 0.15) is 19.3 Å². The minimum atomic E-state index is -2.52. The molecule has 3 nitrogen and oxygen atoms in total. The van der Waals surface area contributed by atoms with Crippen molar-refractivity contribution in [3.8, 4) is 0 Å². The molecule has 1 fully saturated rings. The summed E-state index contributed by atoms with van der Waals surface area (Å²) >= 11 is 0. The average Bonchev–Trinajstić information content (AvgIpc) is 2.68. The lowest BCUT2D eigenvalue weighted by molar-refractivity contribution is -0.142. The first-order valence-electron chi connectivity index (χ1n) is 4.18. The second kappa shape index (κ2) is 3.57. The second-order valence-electron chi connectivity index (χ2n) is 3.37. The summed E-state index contributed by atoms with van der Waals surface area (Å²) < 4.78 is 29.1. The highest BCUT2D eigenvalue weighted by molar-refractivity contribution is 5.75. The minimum absolute atomic E-state index is 0.0686. The zero-order valence-electron chi connectivity index (χ0n) is 7.43. The number of carbonyl (C=O) groups excluding carboxylic acids is 1. The first-order chi connectivity index (χ1) is 5.97. The van der Waals surface area contributed by atoms with Crippen LogP contribution < -0.4 is 5.73 Å². The lowest BCUT2D eigenvalue weighted by Gasteiger charge is -2.07. The molecule has 2 unspecified atom stereocenters. The van der Waals surface area contributed by atoms with E-state index in [9.17, 15) is 13.6 Å². The number of halogens is 2. The molecule has 1 aliphatic rings. The molecule has 0 spiro atoms. The average molecular weight is 193 g/mol. The molecule has 2 atom stereocenters. The quantitative estimate of drug-likeness (QED) is 0.675. The Morgan fingerprint density at radius 3 is 2.69 bits per heavy atom. The molecule has 13 heavy (non-hydrogen) atoms. The predicted molar refractivity (Wildman–Crippen MR) is 42.3 cm³/mol. The van der Waals surface area contributed by atoms with Gasteiger partial charge >= 0.3 is 5.97 Å². The number of nitrogens with two attached hydrogens (primary N) is 1. The van der Waals surface area contributed by atoms with Crippen LogP contribution >= 0.6 is 0 Å². The molecule has 0 aliphatic heterocycles. The zero-order valence-corrected chi connectivity index (χ0v) is 7.43. The van der Waals surface area contributed by atoms with E-state index in [0.717, 1.165) is 0 Å². The van der Waals surface area contributed by atoms with Crippen LogP contribution in [0.3, 0.4) is 0 Å². The van der Waals surface area contributed by atoms with Gasteiger partial charge < -0.3 is 10.5 Å². The largest absolute Gasteiger partial charge is 0.468 e. The molecule has 0 saturated heterocycles. The lowest BCUT2D eigenvalue weighted by Crippen LogP contribution is -2.31. The Morgan fingerprint density at radius 2 is 2.31 bits per heavy atom. The third kappa shape index (κ3) is 2.62. The monoisotopic (exact) mass is 193 g/mol. The maximum Gasteiger partial charge on any atom is 0.322 e. The highest BCUT2D eigenvalue weighted by Gasteiger charge is 2.56. The van der Waals surface area contributed by atoms with Crippen molar-refractivity contribution in [2.45, 2.75) is 31.2 Å². The fraction of sp³-hybridized carbons (Fsp3) is 0.875. The number of rotatable bonds is 4. The van der Waals surface area contributed by atoms with E-state index in [0.29, 0.717) is 6.42 Å². The molecule has 1 saturated carbocycles. The molecule has 5 heteroatoms. The number of carbonyl (C=O) groups is 1. The molecule has 0 heterocycles. The predicted octanol–water partition coefficient (Wildman–Crippen LogP) is 0.922. The molecule has 0 aromatic heterocycles. The summed E-state index contributed by atoms with van der Waals surface area (Å²) in [6.45, 7) is 0. The van der Waals surface area contributed by atoms with Crippen molar-refractivity contribution >= 4 is 5.97 Å². The highest BCUT2D eigenvalue weighted by Crippen LogP contribution is 2.51. The van der Waals surface area contributed by atoms with Gasteiger partial charge in [-0.15, -0.1) is 0 Å². The van der Waals surface area contributed by atoms with Gasteiger partial charge in [0.05, 0.1) is 7.11 Å². The summed E-state index contributed by atoms with van der Waals surface area (Å²) in [7, 11) is 1.23. The molecule has 76 valence electrons. The van der Waals surface area contributed by atoms with Crippen LogP contribution in [0.4, 0.5) is 8.78 Å². The molecule has 1 rings (SSSR count). The Labute approximate surface area is 75.2 Å². The van der Waals surface area contributed by atoms with Crippen LogP contribution in [0.5, 0.6) is 0 Å². The van der Waals surface area contributed by atoms with Gasteiger partial charge in [0.15, 0.2) is 0 Å². The standard InChI is InChI=1S/C8H13F2NO2/c1-13-7(12)6(11)3-2-5-4-8(5,9)10/h5-6H,2-4,11H2,1H3. The van der Waals surface area contributed by atoms with Gasteiger partial charge in [-0.2, -0.15) is 0 Å². The van der Waals surface area contributed by atoms with E-state index in [1.54, 1.807) is 0 Å². The molecule has 0 radical (unpaired) electrons. The molecular weight excluding hydrogens is 180 g/mol. The fourth-order valence-corrected chi connectivity index (χ4v) is 1.23. The molecule has 0 amide bonds. The van der Waals surface area contributed by atoms with Gasteiger partial charge in [-0.3, -0.25) is 4.79 Å². The van der Waals surface area contributed by atoms with Gasteiger partial charge in [-0.25, -0.2) is 8.78 Å². The number of hydrogen-bond donors (Lipinski definition) is 1. The molecule has 0 bridgehead atoms. The summed E-state index contributed by atoms with van der Waals surface area (Å²) in [5.74, 6) is -3.64. The number of hydrogen-bond acceptors (Lipinski definition) is 3. The summed E-state index contributed by atoms with van der Waals surface area (Å²) in [6, 6.07) is -0.763. The van der Waals surface area contributed by atoms with Crippen molar-refractivity contribution in [2.75, 3.05) is 7.11 Å². The van der Waals surface area contributed by atoms with Crippen molar-refractivity contribution < 1.29 is 18.3 Å². The summed E-state index contributed by atoms with van der Waals surface area (Å²) in [6.07, 6.45) is 0.497. The minimum Gasteiger partial charge on any atom is -0.468 e. The van der Waals surface area contributed by atoms with Gasteiger partial charge in [0.2, 0.25) is 0 Å². The Morgan fingerprint density at radius 1 is 1.77 bits per heavy atom. The maximum atomic E-state index is 12.4. The van der Waals surface area contributed by atoms with Gasteiger partial charge in [0.25, 0.3) is 5.92 Å². The Kier molecular flexibility index (Phi) is 2.85. The topological polar surface area (TPSA) is 52.3 Å². The van der Waals surface area contributed by atoms with Gasteiger partial charge in [0, 0.05) is 12.3 Å². The van der Waals surface area contributed by atoms with E-state index in [4.69, 9.17) is 5.73 Å². The van der Waals surface area contributed by atoms with Crippen LogP contribution in [0.2, 0.25) is 0 Å². The smallest absolute Gasteiger partial charge is 0.322 e. The Bertz CT molecular complexity index is 208. The van der Waals surface area contributed by atoms with Gasteiger partial charge in [0.1, 0.15) is 6.04 Å². The summed E-state index contributed by atoms with van der Waals surface area (Å²) in [5.41, 5.74) is 5.37. The third-order valence-electron chi connectivity index (χ3n) is 2.29. The van der Waals surface area contributed by atoms with E-state index >= 15 is 0 Å². The van der Waals surface area contributed by atoms with Crippen LogP contribution in [-0.2, 0) is 9.53 Å². The van der Waals surface area contributed by atoms with Crippen molar-refractivity contribution in [3.05, 3.63) is 0 Å². The summed E-state index contributed by atoms with van der Waals surface area (Å²) in [4.78, 5) is 10.8. The number of ether oxygens (including phenoxy) is 1. The van der Waals surface area contributed by atoms with E-state index in [1.165, 1.54) is 7.11 Å².